The number of benzene rings is 2. The molecule has 0 N–H and O–H groups in total. The molecule has 0 bridgehead atoms. The van der Waals surface area contributed by atoms with Crippen molar-refractivity contribution < 1.29 is 9.47 Å². The molecule has 2 aromatic carbocycles. The highest BCUT2D eigenvalue weighted by Crippen LogP contribution is 2.36. The topological polar surface area (TPSA) is 37.8 Å². The zero-order valence-electron chi connectivity index (χ0n) is 15.4. The Hall–Kier alpha value is -2.47. The second-order valence-corrected chi connectivity index (χ2v) is 7.41. The predicted octanol–water partition coefficient (Wildman–Crippen LogP) is 3.95. The first-order valence-corrected chi connectivity index (χ1v) is 9.59. The lowest BCUT2D eigenvalue weighted by Crippen LogP contribution is -2.46. The summed E-state index contributed by atoms with van der Waals surface area (Å²) in [5, 5.41) is 1.08. The number of hydrogen-bond donors (Lipinski definition) is 0. The summed E-state index contributed by atoms with van der Waals surface area (Å²) in [5.41, 5.74) is 3.44. The first kappa shape index (κ1) is 17.0. The summed E-state index contributed by atoms with van der Waals surface area (Å²) in [6, 6.07) is 12.4. The number of piperazine rings is 1. The van der Waals surface area contributed by atoms with Gasteiger partial charge in [-0.05, 0) is 30.7 Å². The van der Waals surface area contributed by atoms with Gasteiger partial charge in [-0.3, -0.25) is 0 Å². The molecule has 3 aromatic rings. The average molecular weight is 369 g/mol. The van der Waals surface area contributed by atoms with Crippen LogP contribution in [0.3, 0.4) is 0 Å². The molecule has 6 heteroatoms. The van der Waals surface area contributed by atoms with Gasteiger partial charge in [-0.2, -0.15) is 0 Å². The number of hydrogen-bond acceptors (Lipinski definition) is 6. The molecule has 4 rings (SSSR count). The molecule has 0 amide bonds. The molecule has 5 nitrogen and oxygen atoms in total. The minimum atomic E-state index is 0.850. The van der Waals surface area contributed by atoms with Crippen molar-refractivity contribution >= 4 is 32.4 Å². The summed E-state index contributed by atoms with van der Waals surface area (Å²) in [6.45, 7) is 5.99. The molecular weight excluding hydrogens is 346 g/mol. The summed E-state index contributed by atoms with van der Waals surface area (Å²) in [4.78, 5) is 9.65. The number of thiazole rings is 1. The Morgan fingerprint density at radius 3 is 2.46 bits per heavy atom. The lowest BCUT2D eigenvalue weighted by molar-refractivity contribution is 0.414. The molecule has 0 radical (unpaired) electrons. The molecule has 136 valence electrons. The molecular formula is C20H23N3O2S. The van der Waals surface area contributed by atoms with Crippen LogP contribution in [-0.4, -0.2) is 45.4 Å². The maximum absolute atomic E-state index is 5.49. The monoisotopic (exact) mass is 369 g/mol. The molecule has 0 spiro atoms. The number of ether oxygens (including phenoxy) is 2. The van der Waals surface area contributed by atoms with Crippen molar-refractivity contribution in [2.75, 3.05) is 50.2 Å². The van der Waals surface area contributed by atoms with Gasteiger partial charge in [-0.15, -0.1) is 0 Å². The Morgan fingerprint density at radius 2 is 1.73 bits per heavy atom. The van der Waals surface area contributed by atoms with E-state index in [9.17, 15) is 0 Å². The molecule has 1 saturated heterocycles. The fourth-order valence-electron chi connectivity index (χ4n) is 3.36. The van der Waals surface area contributed by atoms with E-state index in [4.69, 9.17) is 14.5 Å². The van der Waals surface area contributed by atoms with Crippen molar-refractivity contribution in [3.63, 3.8) is 0 Å². The van der Waals surface area contributed by atoms with Gasteiger partial charge < -0.3 is 19.3 Å². The Kier molecular flexibility index (Phi) is 4.59. The van der Waals surface area contributed by atoms with Crippen LogP contribution in [0.1, 0.15) is 5.56 Å². The summed E-state index contributed by atoms with van der Waals surface area (Å²) < 4.78 is 12.0. The van der Waals surface area contributed by atoms with E-state index in [0.717, 1.165) is 48.3 Å². The van der Waals surface area contributed by atoms with E-state index >= 15 is 0 Å². The SMILES string of the molecule is COc1cccc(N2CCN(c3nc4c(OC)ccc(C)c4s3)CC2)c1. The van der Waals surface area contributed by atoms with Crippen molar-refractivity contribution in [1.29, 1.82) is 0 Å². The van der Waals surface area contributed by atoms with Gasteiger partial charge >= 0.3 is 0 Å². The average Bonchev–Trinajstić information content (AvgIpc) is 3.15. The maximum atomic E-state index is 5.49. The highest BCUT2D eigenvalue weighted by atomic mass is 32.1. The first-order valence-electron chi connectivity index (χ1n) is 8.77. The van der Waals surface area contributed by atoms with Crippen molar-refractivity contribution in [1.82, 2.24) is 4.98 Å². The third-order valence-electron chi connectivity index (χ3n) is 4.88. The number of rotatable bonds is 4. The van der Waals surface area contributed by atoms with E-state index in [1.165, 1.54) is 16.0 Å². The van der Waals surface area contributed by atoms with Crippen LogP contribution in [0, 0.1) is 6.92 Å². The van der Waals surface area contributed by atoms with Gasteiger partial charge in [0.15, 0.2) is 5.13 Å². The number of aromatic nitrogens is 1. The Bertz CT molecular complexity index is 917. The maximum Gasteiger partial charge on any atom is 0.186 e. The van der Waals surface area contributed by atoms with Crippen LogP contribution in [-0.2, 0) is 0 Å². The molecule has 2 heterocycles. The highest BCUT2D eigenvalue weighted by molar-refractivity contribution is 7.22. The first-order chi connectivity index (χ1) is 12.7. The Morgan fingerprint density at radius 1 is 0.962 bits per heavy atom. The number of aryl methyl sites for hydroxylation is 1. The second-order valence-electron chi connectivity index (χ2n) is 6.43. The van der Waals surface area contributed by atoms with Crippen molar-refractivity contribution in [3.05, 3.63) is 42.0 Å². The number of methoxy groups -OCH3 is 2. The fourth-order valence-corrected chi connectivity index (χ4v) is 4.46. The molecule has 1 aliphatic rings. The van der Waals surface area contributed by atoms with E-state index in [0.29, 0.717) is 0 Å². The molecule has 1 aromatic heterocycles. The van der Waals surface area contributed by atoms with Crippen LogP contribution in [0.2, 0.25) is 0 Å². The van der Waals surface area contributed by atoms with Crippen LogP contribution in [0.5, 0.6) is 11.5 Å². The second kappa shape index (κ2) is 7.03. The van der Waals surface area contributed by atoms with E-state index in [1.807, 2.05) is 18.2 Å². The highest BCUT2D eigenvalue weighted by Gasteiger charge is 2.21. The minimum absolute atomic E-state index is 0.850. The zero-order valence-corrected chi connectivity index (χ0v) is 16.2. The van der Waals surface area contributed by atoms with Gasteiger partial charge in [0.05, 0.1) is 18.9 Å². The lowest BCUT2D eigenvalue weighted by atomic mass is 10.2. The summed E-state index contributed by atoms with van der Waals surface area (Å²) >= 11 is 1.76. The van der Waals surface area contributed by atoms with Crippen LogP contribution in [0.4, 0.5) is 10.8 Å². The summed E-state index contributed by atoms with van der Waals surface area (Å²) in [5.74, 6) is 1.75. The Balaban J connectivity index is 1.53. The predicted molar refractivity (Wildman–Crippen MR) is 108 cm³/mol. The van der Waals surface area contributed by atoms with Crippen LogP contribution in [0.25, 0.3) is 10.2 Å². The molecule has 0 aliphatic carbocycles. The van der Waals surface area contributed by atoms with E-state index in [-0.39, 0.29) is 0 Å². The number of fused-ring (bicyclic) bond motifs is 1. The smallest absolute Gasteiger partial charge is 0.186 e. The van der Waals surface area contributed by atoms with Gasteiger partial charge in [-0.1, -0.05) is 23.5 Å². The van der Waals surface area contributed by atoms with E-state index in [1.54, 1.807) is 25.6 Å². The van der Waals surface area contributed by atoms with Crippen molar-refractivity contribution in [2.24, 2.45) is 0 Å². The van der Waals surface area contributed by atoms with Crippen LogP contribution >= 0.6 is 11.3 Å². The standard InChI is InChI=1S/C20H23N3O2S/c1-14-7-8-17(25-3)18-19(14)26-20(21-18)23-11-9-22(10-12-23)15-5-4-6-16(13-15)24-2/h4-8,13H,9-12H2,1-3H3. The molecule has 0 saturated carbocycles. The van der Waals surface area contributed by atoms with E-state index < -0.39 is 0 Å². The molecule has 26 heavy (non-hydrogen) atoms. The number of anilines is 2. The third-order valence-corrected chi connectivity index (χ3v) is 6.13. The van der Waals surface area contributed by atoms with Crippen LogP contribution in [0.15, 0.2) is 36.4 Å². The van der Waals surface area contributed by atoms with Gasteiger partial charge in [-0.25, -0.2) is 4.98 Å². The summed E-state index contributed by atoms with van der Waals surface area (Å²) in [6.07, 6.45) is 0. The van der Waals surface area contributed by atoms with Crippen LogP contribution < -0.4 is 19.3 Å². The van der Waals surface area contributed by atoms with Gasteiger partial charge in [0.2, 0.25) is 0 Å². The van der Waals surface area contributed by atoms with Crippen molar-refractivity contribution in [2.45, 2.75) is 6.92 Å². The quantitative estimate of drug-likeness (QED) is 0.696. The lowest BCUT2D eigenvalue weighted by Gasteiger charge is -2.36. The fraction of sp³-hybridized carbons (Fsp3) is 0.350. The van der Waals surface area contributed by atoms with Gasteiger partial charge in [0.1, 0.15) is 17.0 Å². The molecule has 0 unspecified atom stereocenters. The largest absolute Gasteiger partial charge is 0.497 e. The van der Waals surface area contributed by atoms with Gasteiger partial charge in [0, 0.05) is 37.9 Å². The van der Waals surface area contributed by atoms with Gasteiger partial charge in [0.25, 0.3) is 0 Å². The minimum Gasteiger partial charge on any atom is -0.497 e. The molecule has 1 fully saturated rings. The van der Waals surface area contributed by atoms with E-state index in [2.05, 4.69) is 34.9 Å². The Labute approximate surface area is 157 Å². The zero-order chi connectivity index (χ0) is 18.1. The third kappa shape index (κ3) is 3.05. The normalized spacial score (nSPS) is 14.7. The molecule has 1 aliphatic heterocycles. The summed E-state index contributed by atoms with van der Waals surface area (Å²) in [7, 11) is 3.41. The molecule has 0 atom stereocenters. The van der Waals surface area contributed by atoms with Crippen molar-refractivity contribution in [3.8, 4) is 11.5 Å². The number of nitrogens with zero attached hydrogens (tertiary/aromatic N) is 3.